The first kappa shape index (κ1) is 37.3. The van der Waals surface area contributed by atoms with E-state index in [-0.39, 0.29) is 41.2 Å². The summed E-state index contributed by atoms with van der Waals surface area (Å²) in [5.74, 6) is -0.237. The van der Waals surface area contributed by atoms with Gasteiger partial charge in [0.05, 0.1) is 7.11 Å². The monoisotopic (exact) mass is 734 g/mol. The fraction of sp³-hybridized carbons (Fsp3) is 0.487. The number of amides is 4. The number of urea groups is 1. The van der Waals surface area contributed by atoms with E-state index in [0.717, 1.165) is 61.2 Å². The Bertz CT molecular complexity index is 1920. The summed E-state index contributed by atoms with van der Waals surface area (Å²) in [5, 5.41) is 6.16. The van der Waals surface area contributed by atoms with Gasteiger partial charge in [0, 0.05) is 92.9 Å². The van der Waals surface area contributed by atoms with E-state index in [1.54, 1.807) is 27.3 Å². The molecule has 0 bridgehead atoms. The Kier molecular flexibility index (Phi) is 11.3. The third kappa shape index (κ3) is 7.83. The first-order valence-corrected chi connectivity index (χ1v) is 18.4. The number of anilines is 1. The number of carbonyl (C=O) groups is 3. The number of carbonyl (C=O) groups excluding carboxylic acids is 3. The van der Waals surface area contributed by atoms with Gasteiger partial charge in [-0.15, -0.1) is 0 Å². The molecule has 2 aromatic carbocycles. The molecule has 4 amide bonds. The highest BCUT2D eigenvalue weighted by atomic mass is 35.5. The largest absolute Gasteiger partial charge is 0.496 e. The van der Waals surface area contributed by atoms with Crippen molar-refractivity contribution in [3.05, 3.63) is 80.0 Å². The van der Waals surface area contributed by atoms with Crippen molar-refractivity contribution in [2.45, 2.75) is 76.9 Å². The third-order valence-corrected chi connectivity index (χ3v) is 11.5. The van der Waals surface area contributed by atoms with Crippen LogP contribution in [-0.4, -0.2) is 89.5 Å². The van der Waals surface area contributed by atoms with Crippen molar-refractivity contribution < 1.29 is 23.5 Å². The second kappa shape index (κ2) is 15.7. The second-order valence-electron chi connectivity index (χ2n) is 14.4. The van der Waals surface area contributed by atoms with E-state index in [0.29, 0.717) is 59.9 Å². The van der Waals surface area contributed by atoms with Crippen LogP contribution in [0.25, 0.3) is 11.1 Å². The van der Waals surface area contributed by atoms with Crippen LogP contribution in [0.3, 0.4) is 0 Å². The molecule has 13 heteroatoms. The number of likely N-dealkylation sites (tertiary alicyclic amines) is 2. The van der Waals surface area contributed by atoms with Gasteiger partial charge in [-0.3, -0.25) is 24.6 Å². The summed E-state index contributed by atoms with van der Waals surface area (Å²) in [6, 6.07) is 8.74. The van der Waals surface area contributed by atoms with E-state index in [2.05, 4.69) is 15.5 Å². The van der Waals surface area contributed by atoms with Crippen LogP contribution < -0.4 is 20.9 Å². The molecule has 1 atom stereocenters. The van der Waals surface area contributed by atoms with Crippen molar-refractivity contribution >= 4 is 35.1 Å². The van der Waals surface area contributed by atoms with E-state index >= 15 is 4.39 Å². The summed E-state index contributed by atoms with van der Waals surface area (Å²) in [4.78, 5) is 55.6. The summed E-state index contributed by atoms with van der Waals surface area (Å²) in [7, 11) is 5.12. The third-order valence-electron chi connectivity index (χ3n) is 11.2. The Labute approximate surface area is 309 Å². The number of halogens is 2. The molecular formula is C39H48ClFN6O5. The van der Waals surface area contributed by atoms with Crippen LogP contribution in [0.4, 0.5) is 14.9 Å². The molecule has 0 spiro atoms. The predicted octanol–water partition coefficient (Wildman–Crippen LogP) is 5.58. The normalized spacial score (nSPS) is 19.1. The lowest BCUT2D eigenvalue weighted by molar-refractivity contribution is -0.133. The highest BCUT2D eigenvalue weighted by molar-refractivity contribution is 6.31. The zero-order valence-electron chi connectivity index (χ0n) is 30.6. The maximum Gasteiger partial charge on any atom is 0.319 e. The Balaban J connectivity index is 1.00. The van der Waals surface area contributed by atoms with Gasteiger partial charge in [-0.25, -0.2) is 9.18 Å². The van der Waals surface area contributed by atoms with E-state index in [1.165, 1.54) is 10.6 Å². The molecule has 3 aliphatic heterocycles. The van der Waals surface area contributed by atoms with Gasteiger partial charge in [0.15, 0.2) is 0 Å². The van der Waals surface area contributed by atoms with Gasteiger partial charge in [0.2, 0.25) is 11.8 Å². The van der Waals surface area contributed by atoms with Gasteiger partial charge < -0.3 is 24.4 Å². The molecule has 6 rings (SSSR count). The minimum absolute atomic E-state index is 0.0269. The summed E-state index contributed by atoms with van der Waals surface area (Å²) in [6.07, 6.45) is 5.64. The summed E-state index contributed by atoms with van der Waals surface area (Å²) in [5.41, 5.74) is 5.10. The molecule has 4 heterocycles. The summed E-state index contributed by atoms with van der Waals surface area (Å²) < 4.78 is 22.9. The standard InChI is InChI=1S/C39H48ClFN6O5/c1-23-24(2)38(50)44(3)21-30(23)26-18-33(41)31(35(19-26)52-5)22-46-14-12-28(13-15-46)45(4)39(51)47-16-10-25(11-17-47)29-7-6-27(20-32(29)40)42-34-8-9-36(48)43-37(34)49/h6-7,18-21,25,28,34,42H,8-17,22H2,1-5H3,(H,43,48,49). The molecule has 1 aromatic heterocycles. The number of piperidine rings is 3. The molecule has 11 nitrogen and oxygen atoms in total. The van der Waals surface area contributed by atoms with Crippen molar-refractivity contribution in [3.63, 3.8) is 0 Å². The van der Waals surface area contributed by atoms with Crippen molar-refractivity contribution in [2.75, 3.05) is 45.7 Å². The van der Waals surface area contributed by atoms with Crippen LogP contribution in [0.15, 0.2) is 41.3 Å². The maximum absolute atomic E-state index is 15.7. The number of aromatic nitrogens is 1. The Morgan fingerprint density at radius 3 is 2.38 bits per heavy atom. The van der Waals surface area contributed by atoms with Crippen molar-refractivity contribution in [3.8, 4) is 16.9 Å². The molecule has 1 unspecified atom stereocenters. The number of ether oxygens (including phenoxy) is 1. The molecule has 3 fully saturated rings. The summed E-state index contributed by atoms with van der Waals surface area (Å²) >= 11 is 6.71. The quantitative estimate of drug-likeness (QED) is 0.291. The van der Waals surface area contributed by atoms with Crippen molar-refractivity contribution in [2.24, 2.45) is 7.05 Å². The maximum atomic E-state index is 15.7. The number of pyridine rings is 1. The van der Waals surface area contributed by atoms with Gasteiger partial charge >= 0.3 is 6.03 Å². The number of hydrogen-bond donors (Lipinski definition) is 2. The summed E-state index contributed by atoms with van der Waals surface area (Å²) in [6.45, 7) is 6.77. The van der Waals surface area contributed by atoms with Crippen LogP contribution in [0, 0.1) is 19.7 Å². The lowest BCUT2D eigenvalue weighted by atomic mass is 9.89. The zero-order valence-corrected chi connectivity index (χ0v) is 31.3. The molecule has 52 heavy (non-hydrogen) atoms. The average Bonchev–Trinajstić information content (AvgIpc) is 3.14. The second-order valence-corrected chi connectivity index (χ2v) is 14.8. The van der Waals surface area contributed by atoms with Crippen LogP contribution >= 0.6 is 11.6 Å². The SMILES string of the molecule is COc1cc(-c2cn(C)c(=O)c(C)c2C)cc(F)c1CN1CCC(N(C)C(=O)N2CCC(c3ccc(NC4CCC(=O)NC4=O)cc3Cl)CC2)CC1. The number of hydrogen-bond acceptors (Lipinski definition) is 7. The van der Waals surface area contributed by atoms with Crippen molar-refractivity contribution in [1.29, 1.82) is 0 Å². The number of rotatable bonds is 8. The van der Waals surface area contributed by atoms with Crippen LogP contribution in [-0.2, 0) is 23.2 Å². The fourth-order valence-corrected chi connectivity index (χ4v) is 8.13. The molecule has 0 aliphatic carbocycles. The molecule has 0 saturated carbocycles. The van der Waals surface area contributed by atoms with E-state index < -0.39 is 6.04 Å². The first-order valence-electron chi connectivity index (χ1n) is 18.0. The van der Waals surface area contributed by atoms with Gasteiger partial charge in [0.1, 0.15) is 17.6 Å². The number of methoxy groups -OCH3 is 1. The molecule has 278 valence electrons. The fourth-order valence-electron chi connectivity index (χ4n) is 7.80. The van der Waals surface area contributed by atoms with Crippen LogP contribution in [0.2, 0.25) is 5.02 Å². The molecule has 3 saturated heterocycles. The first-order chi connectivity index (χ1) is 24.8. The van der Waals surface area contributed by atoms with Gasteiger partial charge in [-0.2, -0.15) is 0 Å². The van der Waals surface area contributed by atoms with Gasteiger partial charge in [-0.05, 0) is 92.8 Å². The zero-order chi connectivity index (χ0) is 37.3. The van der Waals surface area contributed by atoms with Crippen molar-refractivity contribution in [1.82, 2.24) is 24.6 Å². The molecular weight excluding hydrogens is 687 g/mol. The van der Waals surface area contributed by atoms with Gasteiger partial charge in [-0.1, -0.05) is 17.7 Å². The number of nitrogens with one attached hydrogen (secondary N) is 2. The number of benzene rings is 2. The topological polar surface area (TPSA) is 116 Å². The molecule has 3 aromatic rings. The van der Waals surface area contributed by atoms with E-state index in [1.807, 2.05) is 48.0 Å². The number of nitrogens with zero attached hydrogens (tertiary/aromatic N) is 4. The average molecular weight is 735 g/mol. The Morgan fingerprint density at radius 1 is 1.02 bits per heavy atom. The molecule has 0 radical (unpaired) electrons. The molecule has 3 aliphatic rings. The molecule has 2 N–H and O–H groups in total. The van der Waals surface area contributed by atoms with Crippen LogP contribution in [0.1, 0.15) is 66.7 Å². The van der Waals surface area contributed by atoms with Gasteiger partial charge in [0.25, 0.3) is 5.56 Å². The highest BCUT2D eigenvalue weighted by Crippen LogP contribution is 2.36. The minimum atomic E-state index is -0.476. The Hall–Kier alpha value is -4.42. The lowest BCUT2D eigenvalue weighted by Crippen LogP contribution is -2.51. The smallest absolute Gasteiger partial charge is 0.319 e. The Morgan fingerprint density at radius 2 is 1.73 bits per heavy atom. The predicted molar refractivity (Wildman–Crippen MR) is 199 cm³/mol. The number of aryl methyl sites for hydroxylation is 1. The number of imide groups is 1. The minimum Gasteiger partial charge on any atom is -0.496 e. The van der Waals surface area contributed by atoms with E-state index in [4.69, 9.17) is 16.3 Å². The van der Waals surface area contributed by atoms with Crippen LogP contribution in [0.5, 0.6) is 5.75 Å². The lowest BCUT2D eigenvalue weighted by Gasteiger charge is -2.40. The van der Waals surface area contributed by atoms with E-state index in [9.17, 15) is 19.2 Å². The highest BCUT2D eigenvalue weighted by Gasteiger charge is 2.32.